The van der Waals surface area contributed by atoms with Gasteiger partial charge in [-0.2, -0.15) is 0 Å². The second-order valence-electron chi connectivity index (χ2n) is 8.99. The van der Waals surface area contributed by atoms with Gasteiger partial charge in [0.2, 0.25) is 5.91 Å². The number of carbonyl (C=O) groups is 1. The normalized spacial score (nSPS) is 22.9. The Morgan fingerprint density at radius 3 is 2.94 bits per heavy atom. The lowest BCUT2D eigenvalue weighted by Gasteiger charge is -2.46. The second-order valence-corrected chi connectivity index (χ2v) is 8.99. The molecule has 0 spiro atoms. The van der Waals surface area contributed by atoms with Crippen LogP contribution in [0.1, 0.15) is 35.0 Å². The molecule has 1 N–H and O–H groups in total. The summed E-state index contributed by atoms with van der Waals surface area (Å²) in [7, 11) is 2.12. The van der Waals surface area contributed by atoms with Crippen molar-refractivity contribution in [2.45, 2.75) is 38.6 Å². The number of aryl methyl sites for hydroxylation is 3. The molecule has 3 atom stereocenters. The Kier molecular flexibility index (Phi) is 4.89. The van der Waals surface area contributed by atoms with Crippen molar-refractivity contribution < 1.29 is 4.79 Å². The molecule has 6 heteroatoms. The molecule has 3 heterocycles. The predicted octanol–water partition coefficient (Wildman–Crippen LogP) is 3.74. The number of benzene rings is 1. The topological polar surface area (TPSA) is 63.1 Å². The molecule has 2 aromatic heterocycles. The summed E-state index contributed by atoms with van der Waals surface area (Å²) in [6.45, 7) is 9.26. The summed E-state index contributed by atoms with van der Waals surface area (Å²) in [6, 6.07) is 8.82. The van der Waals surface area contributed by atoms with Crippen molar-refractivity contribution in [1.82, 2.24) is 19.4 Å². The minimum absolute atomic E-state index is 0.0380. The molecule has 0 radical (unpaired) electrons. The van der Waals surface area contributed by atoms with E-state index in [0.29, 0.717) is 23.6 Å². The first-order valence-corrected chi connectivity index (χ1v) is 11.0. The van der Waals surface area contributed by atoms with Crippen LogP contribution in [0.5, 0.6) is 0 Å². The lowest BCUT2D eigenvalue weighted by Crippen LogP contribution is -2.52. The second kappa shape index (κ2) is 7.61. The van der Waals surface area contributed by atoms with Crippen molar-refractivity contribution in [1.29, 1.82) is 0 Å². The molecule has 2 aliphatic rings. The SMILES string of the molecule is C=CCN1C[C@H](C(=O)Nc2cc(C)nc(C)n2)CC2c3cccc4c3c(cn4C)C[C@H]21. The van der Waals surface area contributed by atoms with Gasteiger partial charge in [-0.3, -0.25) is 9.69 Å². The fourth-order valence-corrected chi connectivity index (χ4v) is 5.65. The van der Waals surface area contributed by atoms with E-state index in [-0.39, 0.29) is 11.8 Å². The van der Waals surface area contributed by atoms with Crippen LogP contribution >= 0.6 is 0 Å². The number of fused-ring (bicyclic) bond motifs is 2. The zero-order chi connectivity index (χ0) is 21.7. The van der Waals surface area contributed by atoms with Crippen molar-refractivity contribution in [2.24, 2.45) is 13.0 Å². The summed E-state index contributed by atoms with van der Waals surface area (Å²) in [5.74, 6) is 1.52. The van der Waals surface area contributed by atoms with Gasteiger partial charge in [-0.15, -0.1) is 6.58 Å². The van der Waals surface area contributed by atoms with Crippen molar-refractivity contribution >= 4 is 22.6 Å². The summed E-state index contributed by atoms with van der Waals surface area (Å²) >= 11 is 0. The third-order valence-corrected chi connectivity index (χ3v) is 6.83. The molecule has 1 aromatic carbocycles. The number of aromatic nitrogens is 3. The minimum atomic E-state index is -0.0997. The maximum absolute atomic E-state index is 13.3. The van der Waals surface area contributed by atoms with Crippen LogP contribution in [0.25, 0.3) is 10.9 Å². The van der Waals surface area contributed by atoms with E-state index in [2.05, 4.69) is 62.8 Å². The third kappa shape index (κ3) is 3.45. The molecule has 3 aromatic rings. The summed E-state index contributed by atoms with van der Waals surface area (Å²) in [6.07, 6.45) is 6.09. The van der Waals surface area contributed by atoms with Crippen LogP contribution < -0.4 is 5.32 Å². The van der Waals surface area contributed by atoms with Crippen LogP contribution in [0.3, 0.4) is 0 Å². The summed E-state index contributed by atoms with van der Waals surface area (Å²) in [5, 5.41) is 4.44. The number of hydrogen-bond acceptors (Lipinski definition) is 4. The molecule has 0 bridgehead atoms. The van der Waals surface area contributed by atoms with E-state index in [0.717, 1.165) is 31.6 Å². The fraction of sp³-hybridized carbons (Fsp3) is 0.400. The quantitative estimate of drug-likeness (QED) is 0.660. The molecule has 31 heavy (non-hydrogen) atoms. The van der Waals surface area contributed by atoms with Crippen LogP contribution in [-0.2, 0) is 18.3 Å². The number of hydrogen-bond donors (Lipinski definition) is 1. The Morgan fingerprint density at radius 1 is 1.32 bits per heavy atom. The summed E-state index contributed by atoms with van der Waals surface area (Å²) in [4.78, 5) is 24.4. The molecule has 1 amide bonds. The maximum atomic E-state index is 13.3. The molecular formula is C25H29N5O. The molecule has 5 rings (SSSR count). The Morgan fingerprint density at radius 2 is 2.16 bits per heavy atom. The smallest absolute Gasteiger partial charge is 0.229 e. The molecule has 160 valence electrons. The van der Waals surface area contributed by atoms with Gasteiger partial charge in [0.1, 0.15) is 11.6 Å². The highest BCUT2D eigenvalue weighted by atomic mass is 16.2. The Bertz CT molecular complexity index is 1160. The Balaban J connectivity index is 1.48. The molecule has 1 unspecified atom stereocenters. The van der Waals surface area contributed by atoms with Crippen molar-refractivity contribution in [3.05, 3.63) is 65.8 Å². The van der Waals surface area contributed by atoms with E-state index in [1.807, 2.05) is 26.0 Å². The highest BCUT2D eigenvalue weighted by Gasteiger charge is 2.42. The number of carbonyl (C=O) groups excluding carboxylic acids is 1. The van der Waals surface area contributed by atoms with E-state index in [1.54, 1.807) is 0 Å². The fourth-order valence-electron chi connectivity index (χ4n) is 5.65. The standard InChI is InChI=1S/C25H29N5O/c1-5-9-30-14-18(25(31)28-23-10-15(2)26-16(3)27-23)11-20-19-7-6-8-21-24(19)17(12-22(20)30)13-29(21)4/h5-8,10,13,18,20,22H,1,9,11-12,14H2,2-4H3,(H,26,27,28,31)/t18-,20?,22-/m1/s1. The van der Waals surface area contributed by atoms with Gasteiger partial charge in [0.25, 0.3) is 0 Å². The van der Waals surface area contributed by atoms with E-state index < -0.39 is 0 Å². The number of likely N-dealkylation sites (tertiary alicyclic amines) is 1. The minimum Gasteiger partial charge on any atom is -0.350 e. The summed E-state index contributed by atoms with van der Waals surface area (Å²) < 4.78 is 2.23. The lowest BCUT2D eigenvalue weighted by molar-refractivity contribution is -0.122. The van der Waals surface area contributed by atoms with Gasteiger partial charge in [-0.05, 0) is 43.9 Å². The predicted molar refractivity (Wildman–Crippen MR) is 123 cm³/mol. The van der Waals surface area contributed by atoms with E-state index >= 15 is 0 Å². The van der Waals surface area contributed by atoms with Crippen LogP contribution in [-0.4, -0.2) is 44.5 Å². The largest absolute Gasteiger partial charge is 0.350 e. The number of piperidine rings is 1. The van der Waals surface area contributed by atoms with Gasteiger partial charge in [-0.25, -0.2) is 9.97 Å². The molecule has 6 nitrogen and oxygen atoms in total. The first-order valence-electron chi connectivity index (χ1n) is 11.0. The van der Waals surface area contributed by atoms with Gasteiger partial charge < -0.3 is 9.88 Å². The number of anilines is 1. The van der Waals surface area contributed by atoms with Gasteiger partial charge >= 0.3 is 0 Å². The monoisotopic (exact) mass is 415 g/mol. The maximum Gasteiger partial charge on any atom is 0.229 e. The zero-order valence-electron chi connectivity index (χ0n) is 18.4. The van der Waals surface area contributed by atoms with Crippen molar-refractivity contribution in [3.63, 3.8) is 0 Å². The van der Waals surface area contributed by atoms with Gasteiger partial charge in [0, 0.05) is 61.0 Å². The Labute approximate surface area is 183 Å². The highest BCUT2D eigenvalue weighted by Crippen LogP contribution is 2.45. The number of nitrogens with one attached hydrogen (secondary N) is 1. The molecule has 1 aliphatic heterocycles. The molecule has 0 saturated carbocycles. The van der Waals surface area contributed by atoms with Crippen LogP contribution in [0.2, 0.25) is 0 Å². The van der Waals surface area contributed by atoms with E-state index in [4.69, 9.17) is 0 Å². The molecular weight excluding hydrogens is 386 g/mol. The average molecular weight is 416 g/mol. The first kappa shape index (κ1) is 19.9. The Hall–Kier alpha value is -2.99. The van der Waals surface area contributed by atoms with Crippen molar-refractivity contribution in [3.8, 4) is 0 Å². The first-order chi connectivity index (χ1) is 14.9. The lowest BCUT2D eigenvalue weighted by atomic mass is 9.72. The number of nitrogens with zero attached hydrogens (tertiary/aromatic N) is 4. The van der Waals surface area contributed by atoms with Crippen LogP contribution in [0.4, 0.5) is 5.82 Å². The van der Waals surface area contributed by atoms with Gasteiger partial charge in [0.15, 0.2) is 0 Å². The summed E-state index contributed by atoms with van der Waals surface area (Å²) in [5.41, 5.74) is 4.93. The van der Waals surface area contributed by atoms with Crippen LogP contribution in [0, 0.1) is 19.8 Å². The van der Waals surface area contributed by atoms with E-state index in [9.17, 15) is 4.79 Å². The highest BCUT2D eigenvalue weighted by molar-refractivity contribution is 5.93. The third-order valence-electron chi connectivity index (χ3n) is 6.83. The zero-order valence-corrected chi connectivity index (χ0v) is 18.4. The molecule has 1 saturated heterocycles. The van der Waals surface area contributed by atoms with Gasteiger partial charge in [-0.1, -0.05) is 18.2 Å². The van der Waals surface area contributed by atoms with Gasteiger partial charge in [0.05, 0.1) is 5.92 Å². The molecule has 1 fully saturated rings. The van der Waals surface area contributed by atoms with Crippen LogP contribution in [0.15, 0.2) is 43.1 Å². The average Bonchev–Trinajstić information content (AvgIpc) is 3.04. The number of rotatable bonds is 4. The van der Waals surface area contributed by atoms with E-state index in [1.165, 1.54) is 22.0 Å². The number of amides is 1. The molecule has 1 aliphatic carbocycles. The van der Waals surface area contributed by atoms with Crippen molar-refractivity contribution in [2.75, 3.05) is 18.4 Å².